The van der Waals surface area contributed by atoms with E-state index in [9.17, 15) is 0 Å². The van der Waals surface area contributed by atoms with Crippen LogP contribution >= 0.6 is 0 Å². The number of quaternary nitrogens is 2. The highest BCUT2D eigenvalue weighted by atomic mass is 16.7. The van der Waals surface area contributed by atoms with Crippen LogP contribution in [0.15, 0.2) is 18.2 Å². The Hall–Kier alpha value is -2.19. The van der Waals surface area contributed by atoms with Gasteiger partial charge in [-0.1, -0.05) is 20.8 Å². The highest BCUT2D eigenvalue weighted by molar-refractivity contribution is 5.44. The monoisotopic (exact) mass is 416 g/mol. The first-order valence-electron chi connectivity index (χ1n) is 11.2. The molecule has 2 aliphatic heterocycles. The fourth-order valence-corrected chi connectivity index (χ4v) is 4.67. The summed E-state index contributed by atoms with van der Waals surface area (Å²) in [5, 5.41) is 12.9. The van der Waals surface area contributed by atoms with E-state index in [2.05, 4.69) is 67.0 Å². The SMILES string of the molecule is CCC(C)(C)n1nnnc1[C@H](C(C)C)[NH+]1CC[NH+](Cc2ccc3c(c2)OCO3)CC1. The maximum atomic E-state index is 5.54. The van der Waals surface area contributed by atoms with Crippen LogP contribution in [0.1, 0.15) is 58.5 Å². The summed E-state index contributed by atoms with van der Waals surface area (Å²) in [5.74, 6) is 3.25. The molecule has 0 radical (unpaired) electrons. The molecule has 1 fully saturated rings. The van der Waals surface area contributed by atoms with Gasteiger partial charge in [0.05, 0.1) is 5.54 Å². The lowest BCUT2D eigenvalue weighted by atomic mass is 9.97. The molecule has 2 aromatic rings. The predicted octanol–water partition coefficient (Wildman–Crippen LogP) is 0.228. The summed E-state index contributed by atoms with van der Waals surface area (Å²) in [6.45, 7) is 17.1. The normalized spacial score (nSPS) is 22.5. The van der Waals surface area contributed by atoms with Gasteiger partial charge in [0.25, 0.3) is 0 Å². The number of rotatable bonds is 7. The molecule has 4 rings (SSSR count). The van der Waals surface area contributed by atoms with Crippen molar-refractivity contribution in [2.24, 2.45) is 5.92 Å². The fourth-order valence-electron chi connectivity index (χ4n) is 4.67. The molecule has 164 valence electrons. The standard InChI is InChI=1S/C22H34N6O2/c1-6-22(4,5)28-21(23-24-25-28)20(16(2)3)27-11-9-26(10-12-27)14-17-7-8-18-19(13-17)30-15-29-18/h7-8,13,16,20H,6,9-12,14-15H2,1-5H3/p+2/t20-/m0/s1. The first-order chi connectivity index (χ1) is 14.4. The molecule has 1 aromatic heterocycles. The lowest BCUT2D eigenvalue weighted by molar-refractivity contribution is -1.03. The Morgan fingerprint density at radius 3 is 2.53 bits per heavy atom. The highest BCUT2D eigenvalue weighted by Gasteiger charge is 2.38. The van der Waals surface area contributed by atoms with Crippen molar-refractivity contribution in [1.82, 2.24) is 20.2 Å². The van der Waals surface area contributed by atoms with Crippen molar-refractivity contribution in [3.8, 4) is 11.5 Å². The number of nitrogens with zero attached hydrogens (tertiary/aromatic N) is 4. The van der Waals surface area contributed by atoms with Gasteiger partial charge in [-0.25, -0.2) is 4.68 Å². The van der Waals surface area contributed by atoms with Crippen molar-refractivity contribution >= 4 is 0 Å². The quantitative estimate of drug-likeness (QED) is 0.676. The number of hydrogen-bond acceptors (Lipinski definition) is 5. The summed E-state index contributed by atoms with van der Waals surface area (Å²) >= 11 is 0. The minimum Gasteiger partial charge on any atom is -0.454 e. The zero-order valence-electron chi connectivity index (χ0n) is 18.9. The minimum absolute atomic E-state index is 0.0716. The number of hydrogen-bond donors (Lipinski definition) is 2. The molecule has 0 unspecified atom stereocenters. The van der Waals surface area contributed by atoms with Crippen LogP contribution in [0.25, 0.3) is 0 Å². The first-order valence-corrected chi connectivity index (χ1v) is 11.2. The zero-order valence-corrected chi connectivity index (χ0v) is 18.9. The lowest BCUT2D eigenvalue weighted by Gasteiger charge is -2.36. The molecule has 3 heterocycles. The number of benzene rings is 1. The molecule has 8 heteroatoms. The summed E-state index contributed by atoms with van der Waals surface area (Å²) in [6, 6.07) is 6.64. The topological polar surface area (TPSA) is 70.9 Å². The van der Waals surface area contributed by atoms with Crippen molar-refractivity contribution < 1.29 is 19.3 Å². The molecule has 0 saturated carbocycles. The van der Waals surface area contributed by atoms with Crippen molar-refractivity contribution in [2.45, 2.75) is 59.2 Å². The number of aromatic nitrogens is 4. The van der Waals surface area contributed by atoms with Crippen LogP contribution in [0.3, 0.4) is 0 Å². The number of tetrazole rings is 1. The van der Waals surface area contributed by atoms with E-state index in [-0.39, 0.29) is 5.54 Å². The van der Waals surface area contributed by atoms with Crippen LogP contribution in [0.2, 0.25) is 0 Å². The molecular formula is C22H36N6O2+2. The smallest absolute Gasteiger partial charge is 0.231 e. The molecule has 1 saturated heterocycles. The van der Waals surface area contributed by atoms with Gasteiger partial charge in [0.15, 0.2) is 17.5 Å². The number of nitrogens with one attached hydrogen (secondary N) is 2. The van der Waals surface area contributed by atoms with Crippen LogP contribution in [0.5, 0.6) is 11.5 Å². The van der Waals surface area contributed by atoms with Crippen LogP contribution in [-0.4, -0.2) is 53.2 Å². The third-order valence-electron chi connectivity index (χ3n) is 6.81. The Labute approximate surface area is 179 Å². The minimum atomic E-state index is -0.0716. The fraction of sp³-hybridized carbons (Fsp3) is 0.682. The van der Waals surface area contributed by atoms with Gasteiger partial charge in [-0.3, -0.25) is 0 Å². The molecule has 0 amide bonds. The summed E-state index contributed by atoms with van der Waals surface area (Å²) in [6.07, 6.45) is 0.999. The van der Waals surface area contributed by atoms with Crippen LogP contribution in [0.4, 0.5) is 0 Å². The maximum absolute atomic E-state index is 5.54. The largest absolute Gasteiger partial charge is 0.454 e. The number of piperazine rings is 1. The molecule has 8 nitrogen and oxygen atoms in total. The number of ether oxygens (including phenoxy) is 2. The van der Waals surface area contributed by atoms with E-state index < -0.39 is 0 Å². The van der Waals surface area contributed by atoms with Gasteiger partial charge in [-0.15, -0.1) is 5.10 Å². The van der Waals surface area contributed by atoms with Crippen molar-refractivity contribution in [2.75, 3.05) is 33.0 Å². The average molecular weight is 417 g/mol. The second-order valence-electron chi connectivity index (χ2n) is 9.61. The first kappa shape index (κ1) is 21.1. The van der Waals surface area contributed by atoms with E-state index >= 15 is 0 Å². The van der Waals surface area contributed by atoms with Crippen molar-refractivity contribution in [3.63, 3.8) is 0 Å². The summed E-state index contributed by atoms with van der Waals surface area (Å²) in [4.78, 5) is 3.22. The molecular weight excluding hydrogens is 380 g/mol. The summed E-state index contributed by atoms with van der Waals surface area (Å²) in [5.41, 5.74) is 1.24. The van der Waals surface area contributed by atoms with Gasteiger partial charge in [0, 0.05) is 11.5 Å². The van der Waals surface area contributed by atoms with Crippen LogP contribution in [0, 0.1) is 5.92 Å². The molecule has 1 atom stereocenters. The highest BCUT2D eigenvalue weighted by Crippen LogP contribution is 2.32. The molecule has 0 spiro atoms. The Morgan fingerprint density at radius 1 is 1.10 bits per heavy atom. The zero-order chi connectivity index (χ0) is 21.3. The van der Waals surface area contributed by atoms with Crippen LogP contribution < -0.4 is 19.3 Å². The van der Waals surface area contributed by atoms with Gasteiger partial charge in [0.2, 0.25) is 12.6 Å². The third-order valence-corrected chi connectivity index (χ3v) is 6.81. The van der Waals surface area contributed by atoms with Gasteiger partial charge in [-0.2, -0.15) is 0 Å². The van der Waals surface area contributed by atoms with Crippen molar-refractivity contribution in [3.05, 3.63) is 29.6 Å². The second kappa shape index (κ2) is 8.51. The average Bonchev–Trinajstić information content (AvgIpc) is 3.39. The Bertz CT molecular complexity index is 857. The van der Waals surface area contributed by atoms with E-state index in [4.69, 9.17) is 9.47 Å². The van der Waals surface area contributed by atoms with Gasteiger partial charge >= 0.3 is 0 Å². The van der Waals surface area contributed by atoms with Crippen LogP contribution in [-0.2, 0) is 12.1 Å². The molecule has 30 heavy (non-hydrogen) atoms. The van der Waals surface area contributed by atoms with E-state index in [1.807, 2.05) is 6.07 Å². The molecule has 2 N–H and O–H groups in total. The molecule has 1 aromatic carbocycles. The van der Waals surface area contributed by atoms with E-state index in [0.29, 0.717) is 18.8 Å². The van der Waals surface area contributed by atoms with Gasteiger partial charge < -0.3 is 19.3 Å². The van der Waals surface area contributed by atoms with E-state index in [1.165, 1.54) is 5.56 Å². The second-order valence-corrected chi connectivity index (χ2v) is 9.61. The molecule has 0 bridgehead atoms. The van der Waals surface area contributed by atoms with E-state index in [0.717, 1.165) is 56.5 Å². The maximum Gasteiger partial charge on any atom is 0.231 e. The Kier molecular flexibility index (Phi) is 5.97. The summed E-state index contributed by atoms with van der Waals surface area (Å²) < 4.78 is 13.0. The molecule has 0 aliphatic carbocycles. The lowest BCUT2D eigenvalue weighted by Crippen LogP contribution is -3.27. The van der Waals surface area contributed by atoms with E-state index in [1.54, 1.807) is 9.80 Å². The van der Waals surface area contributed by atoms with Crippen molar-refractivity contribution in [1.29, 1.82) is 0 Å². The number of fused-ring (bicyclic) bond motifs is 1. The third kappa shape index (κ3) is 4.16. The van der Waals surface area contributed by atoms with Gasteiger partial charge in [-0.05, 0) is 48.9 Å². The van der Waals surface area contributed by atoms with Gasteiger partial charge in [0.1, 0.15) is 32.7 Å². The molecule has 2 aliphatic rings. The Morgan fingerprint density at radius 2 is 1.83 bits per heavy atom. The summed E-state index contributed by atoms with van der Waals surface area (Å²) in [7, 11) is 0. The Balaban J connectivity index is 1.43. The predicted molar refractivity (Wildman–Crippen MR) is 113 cm³/mol.